The molecule has 0 aliphatic heterocycles. The van der Waals surface area contributed by atoms with E-state index in [2.05, 4.69) is 11.2 Å². The first-order chi connectivity index (χ1) is 8.47. The first kappa shape index (κ1) is 27.0. The van der Waals surface area contributed by atoms with E-state index in [-0.39, 0.29) is 6.61 Å². The standard InChI is InChI=1S/C3H7BO3.3BH3O3/c1-2-3-7-4(5)6;3*2-1(3)4/h2,5-6H,1,3H2;3*2-4H. The molecule has 19 heavy (non-hydrogen) atoms. The summed E-state index contributed by atoms with van der Waals surface area (Å²) in [5.41, 5.74) is 0. The molecule has 0 saturated heterocycles. The third-order valence-corrected chi connectivity index (χ3v) is 0.363. The molecule has 16 heteroatoms. The normalized spacial score (nSPS) is 7.32. The van der Waals surface area contributed by atoms with Crippen LogP contribution in [-0.4, -0.2) is 91.2 Å². The molecule has 112 valence electrons. The van der Waals surface area contributed by atoms with E-state index in [9.17, 15) is 0 Å². The molecule has 0 amide bonds. The second-order valence-corrected chi connectivity index (χ2v) is 1.99. The van der Waals surface area contributed by atoms with Gasteiger partial charge in [-0.3, -0.25) is 0 Å². The van der Waals surface area contributed by atoms with Crippen LogP contribution in [0.3, 0.4) is 0 Å². The van der Waals surface area contributed by atoms with E-state index in [1.54, 1.807) is 0 Å². The van der Waals surface area contributed by atoms with Gasteiger partial charge in [0.2, 0.25) is 0 Å². The van der Waals surface area contributed by atoms with Crippen LogP contribution >= 0.6 is 0 Å². The SMILES string of the molecule is C=CCOB(O)O.OB(O)O.OB(O)O.OB(O)O. The first-order valence-electron chi connectivity index (χ1n) is 4.18. The summed E-state index contributed by atoms with van der Waals surface area (Å²) in [5, 5.41) is 80.4. The van der Waals surface area contributed by atoms with Crippen molar-refractivity contribution in [1.29, 1.82) is 0 Å². The van der Waals surface area contributed by atoms with Crippen molar-refractivity contribution in [3.63, 3.8) is 0 Å². The highest BCUT2D eigenvalue weighted by Gasteiger charge is 2.04. The van der Waals surface area contributed by atoms with E-state index in [4.69, 9.17) is 55.3 Å². The van der Waals surface area contributed by atoms with E-state index in [0.717, 1.165) is 0 Å². The highest BCUT2D eigenvalue weighted by atomic mass is 16.6. The van der Waals surface area contributed by atoms with Gasteiger partial charge in [0, 0.05) is 0 Å². The van der Waals surface area contributed by atoms with Crippen LogP contribution in [-0.2, 0) is 4.65 Å². The quantitative estimate of drug-likeness (QED) is 0.172. The summed E-state index contributed by atoms with van der Waals surface area (Å²) < 4.78 is 4.18. The number of hydrogen-bond donors (Lipinski definition) is 11. The molecule has 12 nitrogen and oxygen atoms in total. The first-order valence-corrected chi connectivity index (χ1v) is 4.18. The Bertz CT molecular complexity index is 131. The molecular weight excluding hydrogens is 271 g/mol. The van der Waals surface area contributed by atoms with Crippen LogP contribution < -0.4 is 0 Å². The van der Waals surface area contributed by atoms with Crippen molar-refractivity contribution in [2.75, 3.05) is 6.61 Å². The average Bonchev–Trinajstić information content (AvgIpc) is 2.11. The Hall–Kier alpha value is -0.480. The second kappa shape index (κ2) is 22.7. The minimum atomic E-state index is -2.17. The van der Waals surface area contributed by atoms with Crippen molar-refractivity contribution < 1.29 is 59.9 Å². The minimum Gasteiger partial charge on any atom is -0.402 e. The van der Waals surface area contributed by atoms with E-state index >= 15 is 0 Å². The van der Waals surface area contributed by atoms with Crippen molar-refractivity contribution in [1.82, 2.24) is 0 Å². The molecule has 0 aliphatic rings. The molecule has 0 saturated carbocycles. The lowest BCUT2D eigenvalue weighted by atomic mass is 10.3. The molecule has 0 bridgehead atoms. The molecule has 0 rings (SSSR count). The summed E-state index contributed by atoms with van der Waals surface area (Å²) >= 11 is 0. The van der Waals surface area contributed by atoms with Crippen molar-refractivity contribution >= 4 is 29.3 Å². The topological polar surface area (TPSA) is 232 Å². The molecule has 0 atom stereocenters. The second-order valence-electron chi connectivity index (χ2n) is 1.99. The third kappa shape index (κ3) is 341. The molecule has 11 N–H and O–H groups in total. The number of hydrogen-bond acceptors (Lipinski definition) is 12. The lowest BCUT2D eigenvalue weighted by molar-refractivity contribution is 0.206. The van der Waals surface area contributed by atoms with Gasteiger partial charge in [0.05, 0.1) is 6.61 Å². The zero-order chi connectivity index (χ0) is 16.4. The fourth-order valence-electron chi connectivity index (χ4n) is 0.154. The highest BCUT2D eigenvalue weighted by Crippen LogP contribution is 1.73. The Morgan fingerprint density at radius 2 is 0.895 bits per heavy atom. The zero-order valence-corrected chi connectivity index (χ0v) is 9.63. The van der Waals surface area contributed by atoms with Gasteiger partial charge < -0.3 is 59.9 Å². The largest absolute Gasteiger partial charge is 0.634 e. The number of rotatable bonds is 3. The van der Waals surface area contributed by atoms with Crippen molar-refractivity contribution in [3.05, 3.63) is 12.7 Å². The maximum atomic E-state index is 7.97. The van der Waals surface area contributed by atoms with Crippen LogP contribution in [0.25, 0.3) is 0 Å². The molecule has 0 radical (unpaired) electrons. The predicted molar refractivity (Wildman–Crippen MR) is 63.6 cm³/mol. The molecule has 0 aromatic carbocycles. The van der Waals surface area contributed by atoms with Gasteiger partial charge in [-0.1, -0.05) is 6.08 Å². The van der Waals surface area contributed by atoms with Crippen LogP contribution in [0.4, 0.5) is 0 Å². The Kier molecular flexibility index (Phi) is 32.2. The monoisotopic (exact) mass is 288 g/mol. The Morgan fingerprint density at radius 3 is 0.947 bits per heavy atom. The lowest BCUT2D eigenvalue weighted by Crippen LogP contribution is -2.16. The van der Waals surface area contributed by atoms with Gasteiger partial charge >= 0.3 is 29.3 Å². The summed E-state index contributed by atoms with van der Waals surface area (Å²) in [5.74, 6) is 0. The van der Waals surface area contributed by atoms with E-state index in [1.807, 2.05) is 0 Å². The van der Waals surface area contributed by atoms with Crippen LogP contribution in [0.1, 0.15) is 0 Å². The molecular formula is C3H16B4O12. The van der Waals surface area contributed by atoms with Crippen molar-refractivity contribution in [2.45, 2.75) is 0 Å². The summed E-state index contributed by atoms with van der Waals surface area (Å²) in [6.07, 6.45) is 1.43. The fraction of sp³-hybridized carbons (Fsp3) is 0.333. The van der Waals surface area contributed by atoms with Crippen LogP contribution in [0.5, 0.6) is 0 Å². The molecule has 0 aromatic rings. The highest BCUT2D eigenvalue weighted by molar-refractivity contribution is 6.32. The van der Waals surface area contributed by atoms with Gasteiger partial charge in [-0.15, -0.1) is 6.58 Å². The smallest absolute Gasteiger partial charge is 0.402 e. The van der Waals surface area contributed by atoms with Gasteiger partial charge in [-0.25, -0.2) is 0 Å². The van der Waals surface area contributed by atoms with Gasteiger partial charge in [0.25, 0.3) is 0 Å². The van der Waals surface area contributed by atoms with Crippen LogP contribution in [0, 0.1) is 0 Å². The Labute approximate surface area is 109 Å². The Balaban J connectivity index is -0.0000000825. The predicted octanol–water partition coefficient (Wildman–Crippen LogP) is -7.00. The van der Waals surface area contributed by atoms with E-state index < -0.39 is 29.3 Å². The molecule has 0 unspecified atom stereocenters. The maximum Gasteiger partial charge on any atom is 0.634 e. The summed E-state index contributed by atoms with van der Waals surface area (Å²) in [4.78, 5) is 0. The molecule has 0 aromatic heterocycles. The summed E-state index contributed by atoms with van der Waals surface area (Å²) in [6, 6.07) is 0. The molecule has 0 heterocycles. The molecule has 0 aliphatic carbocycles. The van der Waals surface area contributed by atoms with Crippen molar-refractivity contribution in [3.8, 4) is 0 Å². The fourth-order valence-corrected chi connectivity index (χ4v) is 0.154. The summed E-state index contributed by atoms with van der Waals surface area (Å²) in [7, 11) is -8.17. The van der Waals surface area contributed by atoms with Gasteiger partial charge in [0.15, 0.2) is 0 Å². The Morgan fingerprint density at radius 1 is 0.684 bits per heavy atom. The van der Waals surface area contributed by atoms with Crippen molar-refractivity contribution in [2.24, 2.45) is 0 Å². The van der Waals surface area contributed by atoms with E-state index in [1.165, 1.54) is 6.08 Å². The molecule has 0 spiro atoms. The minimum absolute atomic E-state index is 0.164. The molecule has 0 fully saturated rings. The van der Waals surface area contributed by atoms with Gasteiger partial charge in [0.1, 0.15) is 0 Å². The van der Waals surface area contributed by atoms with Gasteiger partial charge in [-0.05, 0) is 0 Å². The summed E-state index contributed by atoms with van der Waals surface area (Å²) in [6.45, 7) is 3.45. The lowest BCUT2D eigenvalue weighted by Gasteiger charge is -1.93. The maximum absolute atomic E-state index is 7.97. The zero-order valence-electron chi connectivity index (χ0n) is 9.63. The van der Waals surface area contributed by atoms with E-state index in [0.29, 0.717) is 0 Å². The average molecular weight is 287 g/mol. The van der Waals surface area contributed by atoms with Gasteiger partial charge in [-0.2, -0.15) is 0 Å². The van der Waals surface area contributed by atoms with Crippen LogP contribution in [0.15, 0.2) is 12.7 Å². The third-order valence-electron chi connectivity index (χ3n) is 0.363. The van der Waals surface area contributed by atoms with Crippen LogP contribution in [0.2, 0.25) is 0 Å².